The third-order valence-electron chi connectivity index (χ3n) is 2.14. The van der Waals surface area contributed by atoms with Gasteiger partial charge in [0.1, 0.15) is 0 Å². The Morgan fingerprint density at radius 2 is 1.80 bits per heavy atom. The summed E-state index contributed by atoms with van der Waals surface area (Å²) in [5.74, 6) is 0. The van der Waals surface area contributed by atoms with Gasteiger partial charge in [0, 0.05) is 6.20 Å². The normalized spacial score (nSPS) is 10.9. The van der Waals surface area contributed by atoms with Gasteiger partial charge >= 0.3 is 0 Å². The third-order valence-corrected chi connectivity index (χ3v) is 2.86. The number of aromatic nitrogens is 2. The SMILES string of the molecule is CCCc1cnc2cc(Cl)c(Cl)cc2n1. The van der Waals surface area contributed by atoms with Crippen molar-refractivity contribution in [2.24, 2.45) is 0 Å². The molecule has 2 rings (SSSR count). The Labute approximate surface area is 98.3 Å². The first-order valence-corrected chi connectivity index (χ1v) is 5.57. The maximum Gasteiger partial charge on any atom is 0.0906 e. The average molecular weight is 241 g/mol. The van der Waals surface area contributed by atoms with Crippen molar-refractivity contribution < 1.29 is 0 Å². The average Bonchev–Trinajstić information content (AvgIpc) is 2.21. The third kappa shape index (κ3) is 2.21. The fraction of sp³-hybridized carbons (Fsp3) is 0.273. The summed E-state index contributed by atoms with van der Waals surface area (Å²) in [5.41, 5.74) is 2.57. The lowest BCUT2D eigenvalue weighted by Crippen LogP contribution is -1.92. The molecule has 0 atom stereocenters. The molecule has 78 valence electrons. The van der Waals surface area contributed by atoms with Crippen LogP contribution in [0.5, 0.6) is 0 Å². The molecule has 0 N–H and O–H groups in total. The van der Waals surface area contributed by atoms with Gasteiger partial charge in [-0.15, -0.1) is 0 Å². The van der Waals surface area contributed by atoms with Crippen molar-refractivity contribution in [3.8, 4) is 0 Å². The number of halogens is 2. The van der Waals surface area contributed by atoms with E-state index in [1.807, 2.05) is 0 Å². The van der Waals surface area contributed by atoms with Gasteiger partial charge in [-0.05, 0) is 18.6 Å². The van der Waals surface area contributed by atoms with Crippen LogP contribution in [0.1, 0.15) is 19.0 Å². The van der Waals surface area contributed by atoms with E-state index < -0.39 is 0 Å². The first-order chi connectivity index (χ1) is 7.20. The van der Waals surface area contributed by atoms with E-state index >= 15 is 0 Å². The molecule has 2 aromatic rings. The number of rotatable bonds is 2. The van der Waals surface area contributed by atoms with E-state index in [1.54, 1.807) is 18.3 Å². The summed E-state index contributed by atoms with van der Waals surface area (Å²) in [6, 6.07) is 3.49. The molecule has 15 heavy (non-hydrogen) atoms. The minimum Gasteiger partial charge on any atom is -0.253 e. The highest BCUT2D eigenvalue weighted by Gasteiger charge is 2.04. The van der Waals surface area contributed by atoms with Crippen molar-refractivity contribution in [2.75, 3.05) is 0 Å². The van der Waals surface area contributed by atoms with E-state index in [9.17, 15) is 0 Å². The molecule has 0 saturated carbocycles. The first-order valence-electron chi connectivity index (χ1n) is 4.81. The van der Waals surface area contributed by atoms with Crippen LogP contribution in [-0.4, -0.2) is 9.97 Å². The Hall–Kier alpha value is -0.860. The smallest absolute Gasteiger partial charge is 0.0906 e. The highest BCUT2D eigenvalue weighted by atomic mass is 35.5. The highest BCUT2D eigenvalue weighted by molar-refractivity contribution is 6.42. The molecule has 0 amide bonds. The largest absolute Gasteiger partial charge is 0.253 e. The van der Waals surface area contributed by atoms with E-state index in [4.69, 9.17) is 23.2 Å². The Kier molecular flexibility index (Phi) is 3.08. The maximum atomic E-state index is 5.92. The molecule has 0 aliphatic heterocycles. The van der Waals surface area contributed by atoms with Crippen LogP contribution in [0, 0.1) is 0 Å². The summed E-state index contributed by atoms with van der Waals surface area (Å²) in [5, 5.41) is 1.04. The molecule has 1 aromatic heterocycles. The Morgan fingerprint density at radius 1 is 1.13 bits per heavy atom. The number of aryl methyl sites for hydroxylation is 1. The second kappa shape index (κ2) is 4.33. The quantitative estimate of drug-likeness (QED) is 0.797. The second-order valence-corrected chi connectivity index (χ2v) is 4.18. The van der Waals surface area contributed by atoms with Gasteiger partial charge in [0.05, 0.1) is 26.8 Å². The first kappa shape index (κ1) is 10.7. The van der Waals surface area contributed by atoms with Crippen LogP contribution >= 0.6 is 23.2 Å². The van der Waals surface area contributed by atoms with Crippen molar-refractivity contribution in [3.05, 3.63) is 34.1 Å². The summed E-state index contributed by atoms with van der Waals surface area (Å²) in [6.45, 7) is 2.11. The van der Waals surface area contributed by atoms with E-state index in [2.05, 4.69) is 16.9 Å². The van der Waals surface area contributed by atoms with Crippen LogP contribution in [0.4, 0.5) is 0 Å². The lowest BCUT2D eigenvalue weighted by molar-refractivity contribution is 0.881. The molecule has 0 aliphatic rings. The van der Waals surface area contributed by atoms with Crippen molar-refractivity contribution in [2.45, 2.75) is 19.8 Å². The Morgan fingerprint density at radius 3 is 2.47 bits per heavy atom. The van der Waals surface area contributed by atoms with Gasteiger partial charge < -0.3 is 0 Å². The van der Waals surface area contributed by atoms with Crippen LogP contribution < -0.4 is 0 Å². The van der Waals surface area contributed by atoms with Gasteiger partial charge in [0.15, 0.2) is 0 Å². The zero-order valence-electron chi connectivity index (χ0n) is 8.30. The lowest BCUT2D eigenvalue weighted by atomic mass is 10.2. The molecule has 2 nitrogen and oxygen atoms in total. The number of hydrogen-bond donors (Lipinski definition) is 0. The zero-order valence-corrected chi connectivity index (χ0v) is 9.81. The minimum absolute atomic E-state index is 0.515. The number of fused-ring (bicyclic) bond motifs is 1. The topological polar surface area (TPSA) is 25.8 Å². The monoisotopic (exact) mass is 240 g/mol. The molecular formula is C11H10Cl2N2. The molecule has 0 radical (unpaired) electrons. The van der Waals surface area contributed by atoms with E-state index in [0.29, 0.717) is 10.0 Å². The number of benzene rings is 1. The van der Waals surface area contributed by atoms with Gasteiger partial charge in [-0.2, -0.15) is 0 Å². The standard InChI is InChI=1S/C11H10Cl2N2/c1-2-3-7-6-14-10-4-8(12)9(13)5-11(10)15-7/h4-6H,2-3H2,1H3. The van der Waals surface area contributed by atoms with Crippen LogP contribution in [0.3, 0.4) is 0 Å². The summed E-state index contributed by atoms with van der Waals surface area (Å²) in [7, 11) is 0. The van der Waals surface area contributed by atoms with Crippen LogP contribution in [0.15, 0.2) is 18.3 Å². The molecule has 4 heteroatoms. The molecular weight excluding hydrogens is 231 g/mol. The minimum atomic E-state index is 0.515. The van der Waals surface area contributed by atoms with Crippen molar-refractivity contribution in [1.82, 2.24) is 9.97 Å². The van der Waals surface area contributed by atoms with Crippen LogP contribution in [0.25, 0.3) is 11.0 Å². The van der Waals surface area contributed by atoms with Crippen molar-refractivity contribution in [1.29, 1.82) is 0 Å². The fourth-order valence-electron chi connectivity index (χ4n) is 1.42. The molecule has 0 spiro atoms. The van der Waals surface area contributed by atoms with Gasteiger partial charge in [0.2, 0.25) is 0 Å². The zero-order chi connectivity index (χ0) is 10.8. The van der Waals surface area contributed by atoms with Crippen molar-refractivity contribution in [3.63, 3.8) is 0 Å². The van der Waals surface area contributed by atoms with Crippen molar-refractivity contribution >= 4 is 34.2 Å². The summed E-state index contributed by atoms with van der Waals surface area (Å²) >= 11 is 11.8. The van der Waals surface area contributed by atoms with Crippen LogP contribution in [-0.2, 0) is 6.42 Å². The van der Waals surface area contributed by atoms with Gasteiger partial charge in [-0.1, -0.05) is 36.5 Å². The fourth-order valence-corrected chi connectivity index (χ4v) is 1.74. The molecule has 0 saturated heterocycles. The summed E-state index contributed by atoms with van der Waals surface area (Å²) < 4.78 is 0. The van der Waals surface area contributed by atoms with Gasteiger partial charge in [-0.25, -0.2) is 4.98 Å². The predicted molar refractivity (Wildman–Crippen MR) is 63.6 cm³/mol. The lowest BCUT2D eigenvalue weighted by Gasteiger charge is -2.02. The highest BCUT2D eigenvalue weighted by Crippen LogP contribution is 2.25. The van der Waals surface area contributed by atoms with Gasteiger partial charge in [0.25, 0.3) is 0 Å². The molecule has 1 aromatic carbocycles. The van der Waals surface area contributed by atoms with Crippen LogP contribution in [0.2, 0.25) is 10.0 Å². The maximum absolute atomic E-state index is 5.92. The predicted octanol–water partition coefficient (Wildman–Crippen LogP) is 3.89. The Bertz CT molecular complexity index is 497. The van der Waals surface area contributed by atoms with Gasteiger partial charge in [-0.3, -0.25) is 4.98 Å². The van der Waals surface area contributed by atoms with E-state index in [-0.39, 0.29) is 0 Å². The van der Waals surface area contributed by atoms with E-state index in [0.717, 1.165) is 29.6 Å². The molecule has 1 heterocycles. The number of nitrogens with zero attached hydrogens (tertiary/aromatic N) is 2. The number of hydrogen-bond acceptors (Lipinski definition) is 2. The summed E-state index contributed by atoms with van der Waals surface area (Å²) in [6.07, 6.45) is 3.78. The van der Waals surface area contributed by atoms with E-state index in [1.165, 1.54) is 0 Å². The molecule has 0 unspecified atom stereocenters. The molecule has 0 fully saturated rings. The second-order valence-electron chi connectivity index (χ2n) is 3.37. The molecule has 0 aliphatic carbocycles. The Balaban J connectivity index is 2.56. The summed E-state index contributed by atoms with van der Waals surface area (Å²) in [4.78, 5) is 8.76. The molecule has 0 bridgehead atoms.